The maximum absolute atomic E-state index is 6.03. The molecule has 0 bridgehead atoms. The standard InChI is InChI=1S/C16H27NOS/c1-3-10-17-15(12-14-7-11-19-13-14)16(18-2)8-5-4-6-9-16/h7,11,13,15,17H,3-6,8-10,12H2,1-2H3. The fraction of sp³-hybridized carbons (Fsp3) is 0.750. The molecular formula is C16H27NOS. The van der Waals surface area contributed by atoms with Crippen molar-refractivity contribution in [2.75, 3.05) is 13.7 Å². The third kappa shape index (κ3) is 3.80. The lowest BCUT2D eigenvalue weighted by Crippen LogP contribution is -2.54. The Hall–Kier alpha value is -0.380. The second kappa shape index (κ2) is 7.41. The van der Waals surface area contributed by atoms with Gasteiger partial charge in [-0.3, -0.25) is 0 Å². The number of methoxy groups -OCH3 is 1. The maximum Gasteiger partial charge on any atom is 0.0834 e. The predicted octanol–water partition coefficient (Wildman–Crippen LogP) is 4.01. The predicted molar refractivity (Wildman–Crippen MR) is 82.9 cm³/mol. The van der Waals surface area contributed by atoms with Gasteiger partial charge in [-0.15, -0.1) is 0 Å². The van der Waals surface area contributed by atoms with Gasteiger partial charge in [-0.25, -0.2) is 0 Å². The Balaban J connectivity index is 2.09. The first kappa shape index (κ1) is 15.0. The van der Waals surface area contributed by atoms with Gasteiger partial charge in [0, 0.05) is 13.2 Å². The van der Waals surface area contributed by atoms with Gasteiger partial charge in [0.05, 0.1) is 5.60 Å². The van der Waals surface area contributed by atoms with E-state index in [2.05, 4.69) is 29.1 Å². The molecule has 1 aliphatic carbocycles. The van der Waals surface area contributed by atoms with Crippen LogP contribution in [0.15, 0.2) is 16.8 Å². The molecule has 1 aliphatic rings. The molecule has 1 atom stereocenters. The first-order valence-corrected chi connectivity index (χ1v) is 8.54. The molecule has 1 saturated carbocycles. The van der Waals surface area contributed by atoms with Gasteiger partial charge in [-0.2, -0.15) is 11.3 Å². The molecule has 0 aliphatic heterocycles. The van der Waals surface area contributed by atoms with Crippen molar-refractivity contribution in [3.05, 3.63) is 22.4 Å². The third-order valence-electron chi connectivity index (χ3n) is 4.40. The molecule has 1 aromatic rings. The lowest BCUT2D eigenvalue weighted by Gasteiger charge is -2.43. The molecule has 0 aromatic carbocycles. The summed E-state index contributed by atoms with van der Waals surface area (Å²) in [7, 11) is 1.90. The molecule has 0 radical (unpaired) electrons. The van der Waals surface area contributed by atoms with Gasteiger partial charge < -0.3 is 10.1 Å². The van der Waals surface area contributed by atoms with E-state index in [1.54, 1.807) is 11.3 Å². The number of thiophene rings is 1. The molecule has 1 unspecified atom stereocenters. The van der Waals surface area contributed by atoms with E-state index >= 15 is 0 Å². The van der Waals surface area contributed by atoms with Crippen molar-refractivity contribution in [3.63, 3.8) is 0 Å². The van der Waals surface area contributed by atoms with Gasteiger partial charge >= 0.3 is 0 Å². The highest BCUT2D eigenvalue weighted by Crippen LogP contribution is 2.35. The Kier molecular flexibility index (Phi) is 5.86. The van der Waals surface area contributed by atoms with Crippen LogP contribution in [0.25, 0.3) is 0 Å². The van der Waals surface area contributed by atoms with E-state index in [0.29, 0.717) is 6.04 Å². The quantitative estimate of drug-likeness (QED) is 0.815. The van der Waals surface area contributed by atoms with Crippen LogP contribution in [0.5, 0.6) is 0 Å². The topological polar surface area (TPSA) is 21.3 Å². The molecule has 2 rings (SSSR count). The minimum atomic E-state index is 0.0509. The molecule has 0 saturated heterocycles. The average molecular weight is 281 g/mol. The Bertz CT molecular complexity index is 344. The van der Waals surface area contributed by atoms with Crippen LogP contribution in [-0.2, 0) is 11.2 Å². The number of hydrogen-bond acceptors (Lipinski definition) is 3. The third-order valence-corrected chi connectivity index (χ3v) is 5.13. The maximum atomic E-state index is 6.03. The average Bonchev–Trinajstić information content (AvgIpc) is 2.97. The lowest BCUT2D eigenvalue weighted by atomic mass is 9.77. The minimum Gasteiger partial charge on any atom is -0.377 e. The Labute approximate surface area is 121 Å². The Morgan fingerprint density at radius 1 is 1.37 bits per heavy atom. The largest absolute Gasteiger partial charge is 0.377 e. The van der Waals surface area contributed by atoms with Crippen molar-refractivity contribution in [2.45, 2.75) is 63.5 Å². The van der Waals surface area contributed by atoms with Crippen molar-refractivity contribution in [3.8, 4) is 0 Å². The van der Waals surface area contributed by atoms with E-state index in [9.17, 15) is 0 Å². The van der Waals surface area contributed by atoms with E-state index in [1.807, 2.05) is 7.11 Å². The van der Waals surface area contributed by atoms with Crippen molar-refractivity contribution in [1.29, 1.82) is 0 Å². The van der Waals surface area contributed by atoms with E-state index in [1.165, 1.54) is 44.1 Å². The minimum absolute atomic E-state index is 0.0509. The summed E-state index contributed by atoms with van der Waals surface area (Å²) in [4.78, 5) is 0. The second-order valence-corrected chi connectivity index (χ2v) is 6.45. The van der Waals surface area contributed by atoms with Gasteiger partial charge in [-0.05, 0) is 54.6 Å². The molecule has 1 aromatic heterocycles. The van der Waals surface area contributed by atoms with E-state index < -0.39 is 0 Å². The van der Waals surface area contributed by atoms with Crippen LogP contribution in [0.2, 0.25) is 0 Å². The molecule has 1 fully saturated rings. The van der Waals surface area contributed by atoms with Crippen molar-refractivity contribution >= 4 is 11.3 Å². The van der Waals surface area contributed by atoms with Crippen molar-refractivity contribution in [1.82, 2.24) is 5.32 Å². The van der Waals surface area contributed by atoms with E-state index in [-0.39, 0.29) is 5.60 Å². The van der Waals surface area contributed by atoms with Gasteiger partial charge in [0.25, 0.3) is 0 Å². The van der Waals surface area contributed by atoms with Crippen molar-refractivity contribution < 1.29 is 4.74 Å². The number of hydrogen-bond donors (Lipinski definition) is 1. The highest BCUT2D eigenvalue weighted by Gasteiger charge is 2.39. The van der Waals surface area contributed by atoms with Crippen molar-refractivity contribution in [2.24, 2.45) is 0 Å². The number of ether oxygens (including phenoxy) is 1. The van der Waals surface area contributed by atoms with Gasteiger partial charge in [0.1, 0.15) is 0 Å². The van der Waals surface area contributed by atoms with E-state index in [4.69, 9.17) is 4.74 Å². The summed E-state index contributed by atoms with van der Waals surface area (Å²) in [6, 6.07) is 2.70. The summed E-state index contributed by atoms with van der Waals surface area (Å²) < 4.78 is 6.03. The van der Waals surface area contributed by atoms with Crippen LogP contribution in [0.1, 0.15) is 51.0 Å². The Morgan fingerprint density at radius 2 is 2.16 bits per heavy atom. The zero-order valence-corrected chi connectivity index (χ0v) is 13.1. The van der Waals surface area contributed by atoms with Crippen LogP contribution < -0.4 is 5.32 Å². The summed E-state index contributed by atoms with van der Waals surface area (Å²) in [5.41, 5.74) is 1.50. The molecular weight excluding hydrogens is 254 g/mol. The SMILES string of the molecule is CCCNC(Cc1ccsc1)C1(OC)CCCCC1. The molecule has 108 valence electrons. The van der Waals surface area contributed by atoms with Crippen LogP contribution in [0, 0.1) is 0 Å². The fourth-order valence-corrected chi connectivity index (χ4v) is 3.93. The Morgan fingerprint density at radius 3 is 2.74 bits per heavy atom. The second-order valence-electron chi connectivity index (χ2n) is 5.67. The van der Waals surface area contributed by atoms with E-state index in [0.717, 1.165) is 13.0 Å². The van der Waals surface area contributed by atoms with Crippen LogP contribution >= 0.6 is 11.3 Å². The highest BCUT2D eigenvalue weighted by atomic mass is 32.1. The smallest absolute Gasteiger partial charge is 0.0834 e. The molecule has 3 heteroatoms. The lowest BCUT2D eigenvalue weighted by molar-refractivity contribution is -0.0672. The fourth-order valence-electron chi connectivity index (χ4n) is 3.25. The first-order valence-electron chi connectivity index (χ1n) is 7.60. The number of rotatable bonds is 7. The summed E-state index contributed by atoms with van der Waals surface area (Å²) in [6.07, 6.45) is 8.66. The zero-order chi connectivity index (χ0) is 13.6. The van der Waals surface area contributed by atoms with Crippen LogP contribution in [0.3, 0.4) is 0 Å². The molecule has 1 N–H and O–H groups in total. The number of nitrogens with one attached hydrogen (secondary N) is 1. The summed E-state index contributed by atoms with van der Waals surface area (Å²) >= 11 is 1.79. The zero-order valence-electron chi connectivity index (χ0n) is 12.3. The van der Waals surface area contributed by atoms with Gasteiger partial charge in [0.2, 0.25) is 0 Å². The monoisotopic (exact) mass is 281 g/mol. The summed E-state index contributed by atoms with van der Waals surface area (Å²) in [5, 5.41) is 8.19. The summed E-state index contributed by atoms with van der Waals surface area (Å²) in [6.45, 7) is 3.31. The first-order chi connectivity index (χ1) is 9.30. The molecule has 1 heterocycles. The summed E-state index contributed by atoms with van der Waals surface area (Å²) in [5.74, 6) is 0. The normalized spacial score (nSPS) is 20.3. The van der Waals surface area contributed by atoms with Gasteiger partial charge in [-0.1, -0.05) is 26.2 Å². The molecule has 0 amide bonds. The molecule has 0 spiro atoms. The highest BCUT2D eigenvalue weighted by molar-refractivity contribution is 7.07. The van der Waals surface area contributed by atoms with Crippen LogP contribution in [-0.4, -0.2) is 25.3 Å². The molecule has 19 heavy (non-hydrogen) atoms. The molecule has 2 nitrogen and oxygen atoms in total. The van der Waals surface area contributed by atoms with Crippen LogP contribution in [0.4, 0.5) is 0 Å². The van der Waals surface area contributed by atoms with Gasteiger partial charge in [0.15, 0.2) is 0 Å².